The predicted molar refractivity (Wildman–Crippen MR) is 47.8 cm³/mol. The van der Waals surface area contributed by atoms with Gasteiger partial charge in [-0.05, 0) is 19.3 Å². The lowest BCUT2D eigenvalue weighted by atomic mass is 10.2. The number of nitrogens with two attached hydrogens (primary N) is 1. The number of alkyl halides is 1. The summed E-state index contributed by atoms with van der Waals surface area (Å²) in [6, 6.07) is 0. The van der Waals surface area contributed by atoms with Gasteiger partial charge in [-0.2, -0.15) is 0 Å². The van der Waals surface area contributed by atoms with Crippen LogP contribution in [0.3, 0.4) is 0 Å². The standard InChI is InChI=1S/C7H14BrNO2/c1-2-6(8)4-3-5-11-7(9)10/h6H,2-5H2,1H3,(H2,9,10). The quantitative estimate of drug-likeness (QED) is 0.573. The van der Waals surface area contributed by atoms with Crippen LogP contribution in [0.4, 0.5) is 4.79 Å². The number of primary amides is 1. The van der Waals surface area contributed by atoms with E-state index in [1.54, 1.807) is 0 Å². The van der Waals surface area contributed by atoms with Gasteiger partial charge in [0.15, 0.2) is 0 Å². The molecule has 0 aliphatic rings. The Hall–Kier alpha value is -0.250. The Morgan fingerprint density at radius 1 is 1.73 bits per heavy atom. The Bertz CT molecular complexity index is 119. The highest BCUT2D eigenvalue weighted by molar-refractivity contribution is 9.09. The number of amides is 1. The molecule has 0 aliphatic heterocycles. The van der Waals surface area contributed by atoms with Gasteiger partial charge in [0.05, 0.1) is 6.61 Å². The number of rotatable bonds is 5. The van der Waals surface area contributed by atoms with Gasteiger partial charge in [0.1, 0.15) is 0 Å². The van der Waals surface area contributed by atoms with Crippen LogP contribution in [0.25, 0.3) is 0 Å². The van der Waals surface area contributed by atoms with Crippen LogP contribution in [0.15, 0.2) is 0 Å². The number of carbonyl (C=O) groups excluding carboxylic acids is 1. The van der Waals surface area contributed by atoms with E-state index in [9.17, 15) is 4.79 Å². The largest absolute Gasteiger partial charge is 0.450 e. The first-order chi connectivity index (χ1) is 5.16. The molecule has 11 heavy (non-hydrogen) atoms. The van der Waals surface area contributed by atoms with Crippen LogP contribution >= 0.6 is 15.9 Å². The lowest BCUT2D eigenvalue weighted by Crippen LogP contribution is -2.14. The normalized spacial score (nSPS) is 12.5. The van der Waals surface area contributed by atoms with Gasteiger partial charge in [-0.3, -0.25) is 0 Å². The second-order valence-electron chi connectivity index (χ2n) is 2.32. The Labute approximate surface area is 75.4 Å². The molecule has 0 aromatic carbocycles. The first-order valence-electron chi connectivity index (χ1n) is 3.73. The molecule has 0 bridgehead atoms. The first-order valence-corrected chi connectivity index (χ1v) is 4.64. The number of halogens is 1. The molecule has 3 nitrogen and oxygen atoms in total. The van der Waals surface area contributed by atoms with Crippen LogP contribution < -0.4 is 5.73 Å². The fraction of sp³-hybridized carbons (Fsp3) is 0.857. The zero-order valence-corrected chi connectivity index (χ0v) is 8.26. The molecule has 0 heterocycles. The fourth-order valence-electron chi connectivity index (χ4n) is 0.682. The molecule has 0 aliphatic carbocycles. The molecule has 0 rings (SSSR count). The van der Waals surface area contributed by atoms with Gasteiger partial charge in [0.25, 0.3) is 0 Å². The van der Waals surface area contributed by atoms with E-state index in [1.165, 1.54) is 0 Å². The lowest BCUT2D eigenvalue weighted by molar-refractivity contribution is 0.154. The predicted octanol–water partition coefficient (Wildman–Crippen LogP) is 2.04. The zero-order valence-electron chi connectivity index (χ0n) is 6.68. The van der Waals surface area contributed by atoms with E-state index in [1.807, 2.05) is 0 Å². The highest BCUT2D eigenvalue weighted by atomic mass is 79.9. The van der Waals surface area contributed by atoms with Gasteiger partial charge < -0.3 is 10.5 Å². The Morgan fingerprint density at radius 3 is 2.82 bits per heavy atom. The molecule has 0 spiro atoms. The van der Waals surface area contributed by atoms with Gasteiger partial charge in [-0.15, -0.1) is 0 Å². The monoisotopic (exact) mass is 223 g/mol. The van der Waals surface area contributed by atoms with Crippen molar-refractivity contribution < 1.29 is 9.53 Å². The molecular weight excluding hydrogens is 210 g/mol. The Kier molecular flexibility index (Phi) is 6.31. The average Bonchev–Trinajstić information content (AvgIpc) is 1.97. The van der Waals surface area contributed by atoms with E-state index < -0.39 is 6.09 Å². The molecular formula is C7H14BrNO2. The number of hydrogen-bond acceptors (Lipinski definition) is 2. The van der Waals surface area contributed by atoms with Crippen molar-refractivity contribution in [3.63, 3.8) is 0 Å². The highest BCUT2D eigenvalue weighted by Gasteiger charge is 2.00. The maximum atomic E-state index is 10.1. The maximum absolute atomic E-state index is 10.1. The smallest absolute Gasteiger partial charge is 0.404 e. The van der Waals surface area contributed by atoms with Crippen molar-refractivity contribution in [2.24, 2.45) is 5.73 Å². The van der Waals surface area contributed by atoms with Crippen molar-refractivity contribution in [2.45, 2.75) is 31.0 Å². The van der Waals surface area contributed by atoms with Crippen LogP contribution in [0.5, 0.6) is 0 Å². The van der Waals surface area contributed by atoms with E-state index in [4.69, 9.17) is 5.73 Å². The molecule has 0 fully saturated rings. The first kappa shape index (κ1) is 10.8. The van der Waals surface area contributed by atoms with E-state index in [0.717, 1.165) is 19.3 Å². The van der Waals surface area contributed by atoms with E-state index >= 15 is 0 Å². The van der Waals surface area contributed by atoms with Crippen LogP contribution in [-0.4, -0.2) is 17.5 Å². The topological polar surface area (TPSA) is 52.3 Å². The molecule has 1 unspecified atom stereocenters. The summed E-state index contributed by atoms with van der Waals surface area (Å²) in [7, 11) is 0. The number of hydrogen-bond donors (Lipinski definition) is 1. The van der Waals surface area contributed by atoms with Crippen molar-refractivity contribution in [2.75, 3.05) is 6.61 Å². The molecule has 1 amide bonds. The molecule has 0 saturated heterocycles. The van der Waals surface area contributed by atoms with E-state index in [2.05, 4.69) is 27.6 Å². The van der Waals surface area contributed by atoms with Gasteiger partial charge >= 0.3 is 6.09 Å². The summed E-state index contributed by atoms with van der Waals surface area (Å²) in [5, 5.41) is 0. The summed E-state index contributed by atoms with van der Waals surface area (Å²) in [5.41, 5.74) is 4.77. The van der Waals surface area contributed by atoms with Crippen molar-refractivity contribution in [3.05, 3.63) is 0 Å². The molecule has 0 radical (unpaired) electrons. The Morgan fingerprint density at radius 2 is 2.36 bits per heavy atom. The minimum atomic E-state index is -0.687. The van der Waals surface area contributed by atoms with Gasteiger partial charge in [-0.25, -0.2) is 4.79 Å². The van der Waals surface area contributed by atoms with Crippen LogP contribution in [0, 0.1) is 0 Å². The third-order valence-corrected chi connectivity index (χ3v) is 2.45. The fourth-order valence-corrected chi connectivity index (χ4v) is 1.01. The molecule has 4 heteroatoms. The third kappa shape index (κ3) is 7.65. The molecule has 0 aromatic heterocycles. The van der Waals surface area contributed by atoms with Crippen molar-refractivity contribution in [3.8, 4) is 0 Å². The third-order valence-electron chi connectivity index (χ3n) is 1.35. The van der Waals surface area contributed by atoms with Crippen LogP contribution in [-0.2, 0) is 4.74 Å². The lowest BCUT2D eigenvalue weighted by Gasteiger charge is -2.05. The second kappa shape index (κ2) is 6.46. The molecule has 66 valence electrons. The molecule has 2 N–H and O–H groups in total. The maximum Gasteiger partial charge on any atom is 0.404 e. The highest BCUT2D eigenvalue weighted by Crippen LogP contribution is 2.11. The van der Waals surface area contributed by atoms with Crippen molar-refractivity contribution in [1.82, 2.24) is 0 Å². The van der Waals surface area contributed by atoms with E-state index in [-0.39, 0.29) is 0 Å². The minimum absolute atomic E-state index is 0.428. The Balaban J connectivity index is 3.08. The summed E-state index contributed by atoms with van der Waals surface area (Å²) in [5.74, 6) is 0. The summed E-state index contributed by atoms with van der Waals surface area (Å²) in [6.07, 6.45) is 2.29. The number of carbonyl (C=O) groups is 1. The van der Waals surface area contributed by atoms with Gasteiger partial charge in [0.2, 0.25) is 0 Å². The van der Waals surface area contributed by atoms with Gasteiger partial charge in [0, 0.05) is 4.83 Å². The SMILES string of the molecule is CCC(Br)CCCOC(N)=O. The molecule has 0 aromatic rings. The number of ether oxygens (including phenoxy) is 1. The minimum Gasteiger partial charge on any atom is -0.450 e. The van der Waals surface area contributed by atoms with E-state index in [0.29, 0.717) is 11.4 Å². The summed E-state index contributed by atoms with van der Waals surface area (Å²) >= 11 is 3.47. The van der Waals surface area contributed by atoms with Gasteiger partial charge in [-0.1, -0.05) is 22.9 Å². The zero-order chi connectivity index (χ0) is 8.69. The summed E-state index contributed by atoms with van der Waals surface area (Å²) in [6.45, 7) is 2.53. The van der Waals surface area contributed by atoms with Crippen LogP contribution in [0.2, 0.25) is 0 Å². The van der Waals surface area contributed by atoms with Crippen LogP contribution in [0.1, 0.15) is 26.2 Å². The molecule has 0 saturated carbocycles. The summed E-state index contributed by atoms with van der Waals surface area (Å²) in [4.78, 5) is 10.6. The summed E-state index contributed by atoms with van der Waals surface area (Å²) < 4.78 is 4.55. The average molecular weight is 224 g/mol. The molecule has 1 atom stereocenters. The van der Waals surface area contributed by atoms with Crippen molar-refractivity contribution in [1.29, 1.82) is 0 Å². The second-order valence-corrected chi connectivity index (χ2v) is 3.61. The van der Waals surface area contributed by atoms with Crippen molar-refractivity contribution >= 4 is 22.0 Å².